The van der Waals surface area contributed by atoms with Gasteiger partial charge in [-0.1, -0.05) is 30.3 Å². The van der Waals surface area contributed by atoms with E-state index in [1.165, 1.54) is 0 Å². The number of unbranched alkanes of at least 4 members (excludes halogenated alkanes) is 1. The summed E-state index contributed by atoms with van der Waals surface area (Å²) in [7, 11) is -3.21. The second-order valence-electron chi connectivity index (χ2n) is 5.06. The predicted octanol–water partition coefficient (Wildman–Crippen LogP) is 3.08. The van der Waals surface area contributed by atoms with E-state index in [1.54, 1.807) is 0 Å². The first kappa shape index (κ1) is 14.8. The molecule has 0 aliphatic heterocycles. The summed E-state index contributed by atoms with van der Waals surface area (Å²) >= 11 is 5.58. The van der Waals surface area contributed by atoms with Crippen LogP contribution in [0, 0.1) is 5.92 Å². The van der Waals surface area contributed by atoms with Crippen LogP contribution in [-0.4, -0.2) is 20.1 Å². The molecule has 1 aromatic carbocycles. The second-order valence-corrected chi connectivity index (χ2v) is 7.31. The monoisotopic (exact) mass is 301 g/mol. The minimum Gasteiger partial charge on any atom is -0.212 e. The van der Waals surface area contributed by atoms with Crippen molar-refractivity contribution in [1.82, 2.24) is 4.72 Å². The molecule has 0 spiro atoms. The van der Waals surface area contributed by atoms with Crippen LogP contribution in [0.1, 0.15) is 37.3 Å². The smallest absolute Gasteiger partial charge is 0.212 e. The Morgan fingerprint density at radius 3 is 2.47 bits per heavy atom. The van der Waals surface area contributed by atoms with E-state index >= 15 is 0 Å². The lowest BCUT2D eigenvalue weighted by atomic mass is 10.0. The third-order valence-electron chi connectivity index (χ3n) is 3.36. The number of alkyl halides is 1. The molecule has 0 bridgehead atoms. The van der Waals surface area contributed by atoms with Crippen LogP contribution in [0.2, 0.25) is 0 Å². The fourth-order valence-electron chi connectivity index (χ4n) is 2.17. The summed E-state index contributed by atoms with van der Waals surface area (Å²) in [6.07, 6.45) is 3.56. The van der Waals surface area contributed by atoms with Crippen molar-refractivity contribution in [3.8, 4) is 0 Å². The summed E-state index contributed by atoms with van der Waals surface area (Å²) in [5.41, 5.74) is 1.06. The summed E-state index contributed by atoms with van der Waals surface area (Å²) in [5, 5.41) is 0. The highest BCUT2D eigenvalue weighted by atomic mass is 35.5. The lowest BCUT2D eigenvalue weighted by Crippen LogP contribution is -2.32. The lowest BCUT2D eigenvalue weighted by Gasteiger charge is -2.18. The Morgan fingerprint density at radius 2 is 1.89 bits per heavy atom. The van der Waals surface area contributed by atoms with Crippen molar-refractivity contribution in [2.45, 2.75) is 31.7 Å². The maximum Gasteiger partial charge on any atom is 0.212 e. The summed E-state index contributed by atoms with van der Waals surface area (Å²) in [5.74, 6) is 1.13. The van der Waals surface area contributed by atoms with Crippen molar-refractivity contribution in [3.05, 3.63) is 35.9 Å². The molecule has 1 aliphatic carbocycles. The van der Waals surface area contributed by atoms with Crippen molar-refractivity contribution in [2.24, 2.45) is 5.92 Å². The molecule has 0 amide bonds. The van der Waals surface area contributed by atoms with Crippen LogP contribution in [0.3, 0.4) is 0 Å². The zero-order chi connectivity index (χ0) is 13.7. The molecule has 1 fully saturated rings. The standard InChI is InChI=1S/C14H20ClNO2S/c15-10-4-5-11-19(17,18)16-14(13-8-9-13)12-6-2-1-3-7-12/h1-3,6-7,13-14,16H,4-5,8-11H2. The zero-order valence-corrected chi connectivity index (χ0v) is 12.5. The molecule has 1 aromatic rings. The predicted molar refractivity (Wildman–Crippen MR) is 78.8 cm³/mol. The normalized spacial score (nSPS) is 17.3. The van der Waals surface area contributed by atoms with Crippen LogP contribution in [-0.2, 0) is 10.0 Å². The molecule has 1 unspecified atom stereocenters. The van der Waals surface area contributed by atoms with Gasteiger partial charge in [-0.05, 0) is 37.2 Å². The fraction of sp³-hybridized carbons (Fsp3) is 0.571. The van der Waals surface area contributed by atoms with Gasteiger partial charge in [-0.2, -0.15) is 0 Å². The SMILES string of the molecule is O=S(=O)(CCCCCl)NC(c1ccccc1)C1CC1. The summed E-state index contributed by atoms with van der Waals surface area (Å²) in [6.45, 7) is 0. The van der Waals surface area contributed by atoms with E-state index in [1.807, 2.05) is 30.3 Å². The molecular formula is C14H20ClNO2S. The first-order valence-electron chi connectivity index (χ1n) is 6.73. The summed E-state index contributed by atoms with van der Waals surface area (Å²) in [6, 6.07) is 9.76. The highest BCUT2D eigenvalue weighted by Crippen LogP contribution is 2.41. The lowest BCUT2D eigenvalue weighted by molar-refractivity contribution is 0.527. The highest BCUT2D eigenvalue weighted by Gasteiger charge is 2.34. The Kier molecular flexibility index (Phi) is 5.25. The number of halogens is 1. The molecule has 0 saturated heterocycles. The minimum absolute atomic E-state index is 0.0674. The minimum atomic E-state index is -3.21. The van der Waals surface area contributed by atoms with Crippen molar-refractivity contribution in [2.75, 3.05) is 11.6 Å². The molecule has 2 rings (SSSR count). The van der Waals surface area contributed by atoms with Gasteiger partial charge in [-0.3, -0.25) is 0 Å². The van der Waals surface area contributed by atoms with Gasteiger partial charge in [0.1, 0.15) is 0 Å². The van der Waals surface area contributed by atoms with Crippen LogP contribution >= 0.6 is 11.6 Å². The van der Waals surface area contributed by atoms with Crippen molar-refractivity contribution < 1.29 is 8.42 Å². The van der Waals surface area contributed by atoms with Crippen LogP contribution in [0.4, 0.5) is 0 Å². The van der Waals surface area contributed by atoms with Gasteiger partial charge in [-0.15, -0.1) is 11.6 Å². The summed E-state index contributed by atoms with van der Waals surface area (Å²) < 4.78 is 27.0. The third kappa shape index (κ3) is 4.79. The molecule has 1 N–H and O–H groups in total. The second kappa shape index (κ2) is 6.73. The topological polar surface area (TPSA) is 46.2 Å². The maximum absolute atomic E-state index is 12.1. The van der Waals surface area contributed by atoms with E-state index in [0.29, 0.717) is 18.2 Å². The number of hydrogen-bond acceptors (Lipinski definition) is 2. The first-order valence-corrected chi connectivity index (χ1v) is 8.92. The quantitative estimate of drug-likeness (QED) is 0.592. The molecule has 5 heteroatoms. The van der Waals surface area contributed by atoms with Crippen molar-refractivity contribution in [3.63, 3.8) is 0 Å². The number of benzene rings is 1. The van der Waals surface area contributed by atoms with Crippen molar-refractivity contribution in [1.29, 1.82) is 0 Å². The molecule has 106 valence electrons. The largest absolute Gasteiger partial charge is 0.212 e. The van der Waals surface area contributed by atoms with E-state index in [-0.39, 0.29) is 11.8 Å². The molecule has 0 radical (unpaired) electrons. The van der Waals surface area contributed by atoms with Gasteiger partial charge >= 0.3 is 0 Å². The van der Waals surface area contributed by atoms with Gasteiger partial charge in [0.2, 0.25) is 10.0 Å². The number of nitrogens with one attached hydrogen (secondary N) is 1. The van der Waals surface area contributed by atoms with Crippen molar-refractivity contribution >= 4 is 21.6 Å². The molecule has 0 aromatic heterocycles. The highest BCUT2D eigenvalue weighted by molar-refractivity contribution is 7.89. The van der Waals surface area contributed by atoms with E-state index < -0.39 is 10.0 Å². The van der Waals surface area contributed by atoms with Crippen LogP contribution in [0.15, 0.2) is 30.3 Å². The molecule has 3 nitrogen and oxygen atoms in total. The first-order chi connectivity index (χ1) is 9.12. The van der Waals surface area contributed by atoms with Gasteiger partial charge in [-0.25, -0.2) is 13.1 Å². The van der Waals surface area contributed by atoms with E-state index in [2.05, 4.69) is 4.72 Å². The van der Waals surface area contributed by atoms with Gasteiger partial charge < -0.3 is 0 Å². The summed E-state index contributed by atoms with van der Waals surface area (Å²) in [4.78, 5) is 0. The molecule has 19 heavy (non-hydrogen) atoms. The molecule has 1 saturated carbocycles. The van der Waals surface area contributed by atoms with E-state index in [4.69, 9.17) is 11.6 Å². The average molecular weight is 302 g/mol. The van der Waals surface area contributed by atoms with E-state index in [9.17, 15) is 8.42 Å². The maximum atomic E-state index is 12.1. The van der Waals surface area contributed by atoms with Gasteiger partial charge in [0.05, 0.1) is 5.75 Å². The molecule has 1 atom stereocenters. The number of sulfonamides is 1. The fourth-order valence-corrected chi connectivity index (χ4v) is 3.77. The van der Waals surface area contributed by atoms with E-state index in [0.717, 1.165) is 24.8 Å². The van der Waals surface area contributed by atoms with Gasteiger partial charge in [0, 0.05) is 11.9 Å². The zero-order valence-electron chi connectivity index (χ0n) is 10.9. The number of hydrogen-bond donors (Lipinski definition) is 1. The Balaban J connectivity index is 2.01. The van der Waals surface area contributed by atoms with Gasteiger partial charge in [0.15, 0.2) is 0 Å². The van der Waals surface area contributed by atoms with Gasteiger partial charge in [0.25, 0.3) is 0 Å². The Hall–Kier alpha value is -0.580. The molecule has 1 aliphatic rings. The average Bonchev–Trinajstić information content (AvgIpc) is 3.22. The third-order valence-corrected chi connectivity index (χ3v) is 5.06. The molecular weight excluding hydrogens is 282 g/mol. The van der Waals surface area contributed by atoms with Crippen LogP contribution in [0.5, 0.6) is 0 Å². The van der Waals surface area contributed by atoms with Crippen LogP contribution < -0.4 is 4.72 Å². The molecule has 0 heterocycles. The Labute approximate surface area is 120 Å². The Bertz CT molecular complexity index is 485. The Morgan fingerprint density at radius 1 is 1.21 bits per heavy atom. The number of rotatable bonds is 8. The van der Waals surface area contributed by atoms with Crippen LogP contribution in [0.25, 0.3) is 0 Å².